The molecule has 5 heteroatoms. The molecule has 0 unspecified atom stereocenters. The summed E-state index contributed by atoms with van der Waals surface area (Å²) in [6.07, 6.45) is 1.72. The summed E-state index contributed by atoms with van der Waals surface area (Å²) in [5.74, 6) is 0. The molecule has 3 rings (SSSR count). The smallest absolute Gasteiger partial charge is 0.240 e. The van der Waals surface area contributed by atoms with Crippen molar-refractivity contribution in [1.82, 2.24) is 9.71 Å². The number of hydrogen-bond acceptors (Lipinski definition) is 3. The molecule has 0 aliphatic carbocycles. The zero-order chi connectivity index (χ0) is 17.9. The summed E-state index contributed by atoms with van der Waals surface area (Å²) in [4.78, 5) is 4.70. The second-order valence-electron chi connectivity index (χ2n) is 6.02. The maximum Gasteiger partial charge on any atom is 0.240 e. The molecule has 0 amide bonds. The molecular formula is C20H20N2O2S. The standard InChI is InChI=1S/C20H20N2O2S/c1-15-8-10-19(11-9-15)25(23,24)22-14-18-7-4-12-21-20(18)17-6-3-5-16(2)13-17/h3-13,22H,14H2,1-2H3. The van der Waals surface area contributed by atoms with Crippen LogP contribution in [0.15, 0.2) is 71.8 Å². The molecule has 0 bridgehead atoms. The Kier molecular flexibility index (Phi) is 4.97. The van der Waals surface area contributed by atoms with Gasteiger partial charge in [-0.1, -0.05) is 47.5 Å². The zero-order valence-corrected chi connectivity index (χ0v) is 15.0. The van der Waals surface area contributed by atoms with E-state index in [1.807, 2.05) is 50.2 Å². The van der Waals surface area contributed by atoms with Crippen LogP contribution in [0.1, 0.15) is 16.7 Å². The highest BCUT2D eigenvalue weighted by Gasteiger charge is 2.15. The lowest BCUT2D eigenvalue weighted by atomic mass is 10.0. The summed E-state index contributed by atoms with van der Waals surface area (Å²) in [7, 11) is -3.56. The molecule has 0 saturated heterocycles. The molecule has 0 fully saturated rings. The van der Waals surface area contributed by atoms with Gasteiger partial charge in [0, 0.05) is 18.3 Å². The summed E-state index contributed by atoms with van der Waals surface area (Å²) in [5.41, 5.74) is 4.76. The van der Waals surface area contributed by atoms with Crippen molar-refractivity contribution in [2.75, 3.05) is 0 Å². The predicted octanol–water partition coefficient (Wildman–Crippen LogP) is 3.84. The lowest BCUT2D eigenvalue weighted by Gasteiger charge is -2.11. The second kappa shape index (κ2) is 7.17. The third-order valence-electron chi connectivity index (χ3n) is 3.97. The van der Waals surface area contributed by atoms with E-state index in [0.29, 0.717) is 0 Å². The highest BCUT2D eigenvalue weighted by Crippen LogP contribution is 2.22. The molecule has 128 valence electrons. The quantitative estimate of drug-likeness (QED) is 0.759. The van der Waals surface area contributed by atoms with Crippen LogP contribution in [0.5, 0.6) is 0 Å². The molecule has 0 atom stereocenters. The predicted molar refractivity (Wildman–Crippen MR) is 99.6 cm³/mol. The van der Waals surface area contributed by atoms with Gasteiger partial charge < -0.3 is 0 Å². The minimum atomic E-state index is -3.56. The van der Waals surface area contributed by atoms with E-state index >= 15 is 0 Å². The number of hydrogen-bond donors (Lipinski definition) is 1. The number of benzene rings is 2. The van der Waals surface area contributed by atoms with E-state index in [1.54, 1.807) is 30.5 Å². The molecule has 0 radical (unpaired) electrons. The number of rotatable bonds is 5. The number of aromatic nitrogens is 1. The van der Waals surface area contributed by atoms with Crippen molar-refractivity contribution in [3.8, 4) is 11.3 Å². The highest BCUT2D eigenvalue weighted by molar-refractivity contribution is 7.89. The van der Waals surface area contributed by atoms with Crippen molar-refractivity contribution in [2.45, 2.75) is 25.3 Å². The monoisotopic (exact) mass is 352 g/mol. The Hall–Kier alpha value is -2.50. The van der Waals surface area contributed by atoms with E-state index in [1.165, 1.54) is 0 Å². The first kappa shape index (κ1) is 17.3. The third-order valence-corrected chi connectivity index (χ3v) is 5.38. The number of pyridine rings is 1. The van der Waals surface area contributed by atoms with Gasteiger partial charge >= 0.3 is 0 Å². The average Bonchev–Trinajstić information content (AvgIpc) is 2.61. The molecular weight excluding hydrogens is 332 g/mol. The fraction of sp³-hybridized carbons (Fsp3) is 0.150. The molecule has 0 spiro atoms. The van der Waals surface area contributed by atoms with E-state index in [0.717, 1.165) is 27.9 Å². The highest BCUT2D eigenvalue weighted by atomic mass is 32.2. The first-order chi connectivity index (χ1) is 12.0. The molecule has 1 heterocycles. The molecule has 0 aliphatic rings. The van der Waals surface area contributed by atoms with Gasteiger partial charge in [0.1, 0.15) is 0 Å². The van der Waals surface area contributed by atoms with Crippen LogP contribution in [-0.2, 0) is 16.6 Å². The molecule has 25 heavy (non-hydrogen) atoms. The van der Waals surface area contributed by atoms with Crippen molar-refractivity contribution in [3.63, 3.8) is 0 Å². The van der Waals surface area contributed by atoms with Crippen LogP contribution in [0.25, 0.3) is 11.3 Å². The zero-order valence-electron chi connectivity index (χ0n) is 14.2. The molecule has 0 aliphatic heterocycles. The summed E-state index contributed by atoms with van der Waals surface area (Å²) < 4.78 is 27.6. The maximum atomic E-state index is 12.5. The lowest BCUT2D eigenvalue weighted by Crippen LogP contribution is -2.23. The summed E-state index contributed by atoms with van der Waals surface area (Å²) >= 11 is 0. The number of nitrogens with zero attached hydrogens (tertiary/aromatic N) is 1. The van der Waals surface area contributed by atoms with E-state index in [-0.39, 0.29) is 11.4 Å². The average molecular weight is 352 g/mol. The van der Waals surface area contributed by atoms with Crippen LogP contribution >= 0.6 is 0 Å². The van der Waals surface area contributed by atoms with Gasteiger partial charge in [-0.05, 0) is 43.7 Å². The Balaban J connectivity index is 1.86. The number of sulfonamides is 1. The molecule has 2 aromatic carbocycles. The summed E-state index contributed by atoms with van der Waals surface area (Å²) in [6, 6.07) is 18.5. The SMILES string of the molecule is Cc1ccc(S(=O)(=O)NCc2cccnc2-c2cccc(C)c2)cc1. The van der Waals surface area contributed by atoms with Gasteiger partial charge in [-0.25, -0.2) is 13.1 Å². The van der Waals surface area contributed by atoms with Crippen LogP contribution in [0.4, 0.5) is 0 Å². The fourth-order valence-corrected chi connectivity index (χ4v) is 3.61. The molecule has 4 nitrogen and oxygen atoms in total. The van der Waals surface area contributed by atoms with Gasteiger partial charge in [0.25, 0.3) is 0 Å². The van der Waals surface area contributed by atoms with Gasteiger partial charge in [-0.2, -0.15) is 0 Å². The van der Waals surface area contributed by atoms with E-state index in [2.05, 4.69) is 9.71 Å². The third kappa shape index (κ3) is 4.13. The van der Waals surface area contributed by atoms with Crippen molar-refractivity contribution < 1.29 is 8.42 Å². The second-order valence-corrected chi connectivity index (χ2v) is 7.79. The lowest BCUT2D eigenvalue weighted by molar-refractivity contribution is 0.581. The largest absolute Gasteiger partial charge is 0.256 e. The van der Waals surface area contributed by atoms with Gasteiger partial charge in [0.15, 0.2) is 0 Å². The van der Waals surface area contributed by atoms with Crippen LogP contribution in [0.2, 0.25) is 0 Å². The van der Waals surface area contributed by atoms with E-state index < -0.39 is 10.0 Å². The molecule has 0 saturated carbocycles. The Morgan fingerprint density at radius 3 is 2.40 bits per heavy atom. The van der Waals surface area contributed by atoms with Crippen molar-refractivity contribution in [3.05, 3.63) is 83.6 Å². The first-order valence-electron chi connectivity index (χ1n) is 8.03. The minimum Gasteiger partial charge on any atom is -0.256 e. The van der Waals surface area contributed by atoms with Crippen LogP contribution in [0.3, 0.4) is 0 Å². The molecule has 1 N–H and O–H groups in total. The van der Waals surface area contributed by atoms with Gasteiger partial charge in [-0.3, -0.25) is 4.98 Å². The summed E-state index contributed by atoms with van der Waals surface area (Å²) in [6.45, 7) is 4.13. The van der Waals surface area contributed by atoms with Crippen molar-refractivity contribution >= 4 is 10.0 Å². The first-order valence-corrected chi connectivity index (χ1v) is 9.51. The Morgan fingerprint density at radius 1 is 0.920 bits per heavy atom. The van der Waals surface area contributed by atoms with Crippen LogP contribution in [-0.4, -0.2) is 13.4 Å². The van der Waals surface area contributed by atoms with Gasteiger partial charge in [0.2, 0.25) is 10.0 Å². The van der Waals surface area contributed by atoms with Crippen LogP contribution in [0, 0.1) is 13.8 Å². The van der Waals surface area contributed by atoms with E-state index in [4.69, 9.17) is 0 Å². The Bertz CT molecular complexity index is 981. The Morgan fingerprint density at radius 2 is 1.68 bits per heavy atom. The topological polar surface area (TPSA) is 59.1 Å². The van der Waals surface area contributed by atoms with E-state index in [9.17, 15) is 8.42 Å². The molecule has 1 aromatic heterocycles. The Labute approximate surface area is 148 Å². The van der Waals surface area contributed by atoms with Gasteiger partial charge in [-0.15, -0.1) is 0 Å². The number of aryl methyl sites for hydroxylation is 2. The summed E-state index contributed by atoms with van der Waals surface area (Å²) in [5, 5.41) is 0. The number of nitrogens with one attached hydrogen (secondary N) is 1. The normalized spacial score (nSPS) is 11.4. The van der Waals surface area contributed by atoms with Crippen molar-refractivity contribution in [1.29, 1.82) is 0 Å². The maximum absolute atomic E-state index is 12.5. The fourth-order valence-electron chi connectivity index (χ4n) is 2.61. The van der Waals surface area contributed by atoms with Crippen molar-refractivity contribution in [2.24, 2.45) is 0 Å². The molecule has 3 aromatic rings. The van der Waals surface area contributed by atoms with Gasteiger partial charge in [0.05, 0.1) is 10.6 Å². The minimum absolute atomic E-state index is 0.188. The van der Waals surface area contributed by atoms with Crippen LogP contribution < -0.4 is 4.72 Å².